The Bertz CT molecular complexity index is 151. The second-order valence-electron chi connectivity index (χ2n) is 4.31. The van der Waals surface area contributed by atoms with E-state index in [1.807, 2.05) is 0 Å². The van der Waals surface area contributed by atoms with E-state index in [2.05, 4.69) is 25.7 Å². The highest BCUT2D eigenvalue weighted by atomic mass is 14.9. The third-order valence-electron chi connectivity index (χ3n) is 2.63. The van der Waals surface area contributed by atoms with Crippen LogP contribution in [0.4, 0.5) is 0 Å². The first-order valence-corrected chi connectivity index (χ1v) is 5.06. The molecule has 2 atom stereocenters. The van der Waals surface area contributed by atoms with Crippen LogP contribution in [0.2, 0.25) is 0 Å². The zero-order valence-electron chi connectivity index (χ0n) is 8.40. The van der Waals surface area contributed by atoms with E-state index in [9.17, 15) is 0 Å². The van der Waals surface area contributed by atoms with Crippen LogP contribution >= 0.6 is 0 Å². The molecule has 1 aliphatic rings. The van der Waals surface area contributed by atoms with Gasteiger partial charge < -0.3 is 5.32 Å². The maximum atomic E-state index is 3.90. The van der Waals surface area contributed by atoms with E-state index in [-0.39, 0.29) is 0 Å². The van der Waals surface area contributed by atoms with Gasteiger partial charge in [-0.2, -0.15) is 0 Å². The van der Waals surface area contributed by atoms with Crippen LogP contribution in [0.15, 0.2) is 12.2 Å². The molecule has 1 heteroatoms. The van der Waals surface area contributed by atoms with E-state index in [4.69, 9.17) is 0 Å². The van der Waals surface area contributed by atoms with Gasteiger partial charge in [0.25, 0.3) is 0 Å². The van der Waals surface area contributed by atoms with Crippen LogP contribution in [-0.4, -0.2) is 12.6 Å². The molecule has 1 N–H and O–H groups in total. The number of nitrogens with one attached hydrogen (secondary N) is 1. The van der Waals surface area contributed by atoms with Crippen molar-refractivity contribution in [2.45, 2.75) is 45.6 Å². The zero-order chi connectivity index (χ0) is 8.97. The molecule has 0 aliphatic heterocycles. The quantitative estimate of drug-likeness (QED) is 0.637. The van der Waals surface area contributed by atoms with Gasteiger partial charge in [0, 0.05) is 12.6 Å². The molecule has 0 radical (unpaired) electrons. The second-order valence-corrected chi connectivity index (χ2v) is 4.31. The van der Waals surface area contributed by atoms with Crippen LogP contribution in [-0.2, 0) is 0 Å². The molecule has 1 fully saturated rings. The molecule has 1 rings (SSSR count). The van der Waals surface area contributed by atoms with Crippen LogP contribution in [0.3, 0.4) is 0 Å². The lowest BCUT2D eigenvalue weighted by Gasteiger charge is -2.27. The maximum absolute atomic E-state index is 3.90. The SMILES string of the molecule is C=C(C)CNC1CCCC(C)C1. The van der Waals surface area contributed by atoms with Gasteiger partial charge in [-0.1, -0.05) is 31.9 Å². The Hall–Kier alpha value is -0.300. The summed E-state index contributed by atoms with van der Waals surface area (Å²) in [7, 11) is 0. The Morgan fingerprint density at radius 1 is 1.50 bits per heavy atom. The fourth-order valence-electron chi connectivity index (χ4n) is 1.94. The summed E-state index contributed by atoms with van der Waals surface area (Å²) in [4.78, 5) is 0. The van der Waals surface area contributed by atoms with Gasteiger partial charge in [-0.25, -0.2) is 0 Å². The summed E-state index contributed by atoms with van der Waals surface area (Å²) in [5.74, 6) is 0.918. The zero-order valence-corrected chi connectivity index (χ0v) is 8.40. The van der Waals surface area contributed by atoms with E-state index >= 15 is 0 Å². The van der Waals surface area contributed by atoms with E-state index in [0.29, 0.717) is 0 Å². The molecule has 2 unspecified atom stereocenters. The molecule has 0 heterocycles. The smallest absolute Gasteiger partial charge is 0.0161 e. The van der Waals surface area contributed by atoms with Gasteiger partial charge in [0.2, 0.25) is 0 Å². The van der Waals surface area contributed by atoms with Gasteiger partial charge in [0.1, 0.15) is 0 Å². The molecule has 0 aromatic heterocycles. The van der Waals surface area contributed by atoms with E-state index in [1.165, 1.54) is 31.3 Å². The molecule has 12 heavy (non-hydrogen) atoms. The van der Waals surface area contributed by atoms with Crippen molar-refractivity contribution in [3.8, 4) is 0 Å². The first-order chi connectivity index (χ1) is 5.68. The molecule has 1 nitrogen and oxygen atoms in total. The summed E-state index contributed by atoms with van der Waals surface area (Å²) in [5, 5.41) is 3.55. The molecule has 0 amide bonds. The molecular formula is C11H21N. The van der Waals surface area contributed by atoms with E-state index < -0.39 is 0 Å². The summed E-state index contributed by atoms with van der Waals surface area (Å²) in [6.07, 6.45) is 5.53. The molecule has 0 aromatic rings. The van der Waals surface area contributed by atoms with Crippen LogP contribution < -0.4 is 5.32 Å². The summed E-state index contributed by atoms with van der Waals surface area (Å²) in [6, 6.07) is 0.755. The summed E-state index contributed by atoms with van der Waals surface area (Å²) < 4.78 is 0. The van der Waals surface area contributed by atoms with Crippen molar-refractivity contribution in [3.63, 3.8) is 0 Å². The molecule has 1 aliphatic carbocycles. The third-order valence-corrected chi connectivity index (χ3v) is 2.63. The average Bonchev–Trinajstić information content (AvgIpc) is 2.01. The molecule has 0 saturated heterocycles. The van der Waals surface area contributed by atoms with E-state index in [0.717, 1.165) is 18.5 Å². The Kier molecular flexibility index (Phi) is 3.80. The van der Waals surface area contributed by atoms with Crippen molar-refractivity contribution < 1.29 is 0 Å². The largest absolute Gasteiger partial charge is 0.310 e. The molecule has 1 saturated carbocycles. The van der Waals surface area contributed by atoms with Gasteiger partial charge in [-0.05, 0) is 25.7 Å². The van der Waals surface area contributed by atoms with Crippen molar-refractivity contribution in [1.82, 2.24) is 5.32 Å². The Balaban J connectivity index is 2.18. The summed E-state index contributed by atoms with van der Waals surface area (Å²) in [5.41, 5.74) is 1.24. The monoisotopic (exact) mass is 167 g/mol. The summed E-state index contributed by atoms with van der Waals surface area (Å²) >= 11 is 0. The normalized spacial score (nSPS) is 30.2. The standard InChI is InChI=1S/C11H21N/c1-9(2)8-12-11-6-4-5-10(3)7-11/h10-12H,1,4-8H2,2-3H3. The first kappa shape index (κ1) is 9.79. The fourth-order valence-corrected chi connectivity index (χ4v) is 1.94. The first-order valence-electron chi connectivity index (χ1n) is 5.06. The molecule has 0 aromatic carbocycles. The molecular weight excluding hydrogens is 146 g/mol. The molecule has 70 valence electrons. The van der Waals surface area contributed by atoms with Crippen LogP contribution in [0, 0.1) is 5.92 Å². The Morgan fingerprint density at radius 3 is 2.83 bits per heavy atom. The van der Waals surface area contributed by atoms with Gasteiger partial charge in [-0.3, -0.25) is 0 Å². The lowest BCUT2D eigenvalue weighted by molar-refractivity contribution is 0.307. The lowest BCUT2D eigenvalue weighted by Crippen LogP contribution is -2.34. The molecule has 0 bridgehead atoms. The summed E-state index contributed by atoms with van der Waals surface area (Å²) in [6.45, 7) is 9.33. The van der Waals surface area contributed by atoms with Gasteiger partial charge in [0.05, 0.1) is 0 Å². The van der Waals surface area contributed by atoms with Crippen molar-refractivity contribution >= 4 is 0 Å². The van der Waals surface area contributed by atoms with Crippen molar-refractivity contribution in [1.29, 1.82) is 0 Å². The fraction of sp³-hybridized carbons (Fsp3) is 0.818. The van der Waals surface area contributed by atoms with Crippen molar-refractivity contribution in [2.75, 3.05) is 6.54 Å². The van der Waals surface area contributed by atoms with Crippen LogP contribution in [0.5, 0.6) is 0 Å². The maximum Gasteiger partial charge on any atom is 0.0161 e. The van der Waals surface area contributed by atoms with Crippen molar-refractivity contribution in [3.05, 3.63) is 12.2 Å². The topological polar surface area (TPSA) is 12.0 Å². The average molecular weight is 167 g/mol. The number of hydrogen-bond donors (Lipinski definition) is 1. The minimum absolute atomic E-state index is 0.755. The van der Waals surface area contributed by atoms with Gasteiger partial charge in [0.15, 0.2) is 0 Å². The van der Waals surface area contributed by atoms with Crippen LogP contribution in [0.1, 0.15) is 39.5 Å². The highest BCUT2D eigenvalue weighted by Crippen LogP contribution is 2.23. The number of rotatable bonds is 3. The predicted molar refractivity (Wildman–Crippen MR) is 54.2 cm³/mol. The lowest BCUT2D eigenvalue weighted by atomic mass is 9.87. The van der Waals surface area contributed by atoms with E-state index in [1.54, 1.807) is 0 Å². The minimum atomic E-state index is 0.755. The minimum Gasteiger partial charge on any atom is -0.310 e. The third kappa shape index (κ3) is 3.40. The predicted octanol–water partition coefficient (Wildman–Crippen LogP) is 2.73. The highest BCUT2D eigenvalue weighted by molar-refractivity contribution is 4.92. The van der Waals surface area contributed by atoms with Gasteiger partial charge in [-0.15, -0.1) is 0 Å². The number of hydrogen-bond acceptors (Lipinski definition) is 1. The highest BCUT2D eigenvalue weighted by Gasteiger charge is 2.17. The van der Waals surface area contributed by atoms with Gasteiger partial charge >= 0.3 is 0 Å². The van der Waals surface area contributed by atoms with Crippen molar-refractivity contribution in [2.24, 2.45) is 5.92 Å². The Labute approximate surface area is 76.2 Å². The second kappa shape index (κ2) is 4.66. The van der Waals surface area contributed by atoms with Crippen LogP contribution in [0.25, 0.3) is 0 Å². The Morgan fingerprint density at radius 2 is 2.25 bits per heavy atom. The molecule has 0 spiro atoms.